The van der Waals surface area contributed by atoms with E-state index in [0.717, 1.165) is 22.2 Å². The largest absolute Gasteiger partial charge is 0.479 e. The number of fused-ring (bicyclic) bond motifs is 1. The van der Waals surface area contributed by atoms with E-state index in [-0.39, 0.29) is 6.61 Å². The summed E-state index contributed by atoms with van der Waals surface area (Å²) in [5, 5.41) is 11.1. The van der Waals surface area contributed by atoms with E-state index < -0.39 is 12.1 Å². The van der Waals surface area contributed by atoms with E-state index in [2.05, 4.69) is 15.4 Å². The van der Waals surface area contributed by atoms with Gasteiger partial charge in [-0.2, -0.15) is 15.4 Å². The highest BCUT2D eigenvalue weighted by Gasteiger charge is 2.17. The highest BCUT2D eigenvalue weighted by Crippen LogP contribution is 2.23. The maximum absolute atomic E-state index is 12.1. The Balaban J connectivity index is 1.59. The predicted octanol–water partition coefficient (Wildman–Crippen LogP) is 3.43. The third kappa shape index (κ3) is 3.65. The molecule has 0 saturated heterocycles. The maximum atomic E-state index is 12.1. The molecule has 24 heavy (non-hydrogen) atoms. The number of nitrogens with one attached hydrogen (secondary N) is 1. The molecule has 0 bridgehead atoms. The number of rotatable bonds is 5. The summed E-state index contributed by atoms with van der Waals surface area (Å²) < 4.78 is 11.0. The average molecular weight is 346 g/mol. The van der Waals surface area contributed by atoms with Crippen molar-refractivity contribution in [3.8, 4) is 5.75 Å². The van der Waals surface area contributed by atoms with Crippen LogP contribution in [0.5, 0.6) is 5.75 Å². The number of hydrogen-bond donors (Lipinski definition) is 1. The van der Waals surface area contributed by atoms with Crippen LogP contribution in [0.1, 0.15) is 18.1 Å². The highest BCUT2D eigenvalue weighted by molar-refractivity contribution is 6.30. The molecule has 0 amide bonds. The van der Waals surface area contributed by atoms with E-state index in [1.807, 2.05) is 25.1 Å². The van der Waals surface area contributed by atoms with Gasteiger partial charge in [0.05, 0.1) is 0 Å². The number of aromatic amines is 1. The molecule has 3 aromatic rings. The Kier molecular flexibility index (Phi) is 4.66. The number of esters is 1. The second-order valence-corrected chi connectivity index (χ2v) is 5.86. The molecule has 0 radical (unpaired) electrons. The minimum Gasteiger partial charge on any atom is -0.479 e. The lowest BCUT2D eigenvalue weighted by molar-refractivity contribution is -0.152. The van der Waals surface area contributed by atoms with E-state index >= 15 is 0 Å². The molecule has 1 unspecified atom stereocenters. The summed E-state index contributed by atoms with van der Waals surface area (Å²) in [5.41, 5.74) is 3.18. The topological polar surface area (TPSA) is 77.1 Å². The Morgan fingerprint density at radius 3 is 2.79 bits per heavy atom. The van der Waals surface area contributed by atoms with Crippen LogP contribution in [-0.2, 0) is 16.1 Å². The van der Waals surface area contributed by atoms with Crippen molar-refractivity contribution in [2.45, 2.75) is 26.6 Å². The van der Waals surface area contributed by atoms with Crippen molar-refractivity contribution in [3.05, 3.63) is 52.5 Å². The molecule has 2 aromatic carbocycles. The summed E-state index contributed by atoms with van der Waals surface area (Å²) >= 11 is 5.91. The fourth-order valence-electron chi connectivity index (χ4n) is 2.23. The number of aryl methyl sites for hydroxylation is 1. The Hall–Kier alpha value is -2.60. The molecule has 0 aliphatic rings. The molecule has 7 heteroatoms. The van der Waals surface area contributed by atoms with Crippen LogP contribution in [0, 0.1) is 6.92 Å². The molecule has 1 aromatic heterocycles. The molecule has 0 fully saturated rings. The van der Waals surface area contributed by atoms with Crippen molar-refractivity contribution in [2.24, 2.45) is 0 Å². The number of nitrogens with zero attached hydrogens (tertiary/aromatic N) is 2. The first-order valence-corrected chi connectivity index (χ1v) is 7.79. The fourth-order valence-corrected chi connectivity index (χ4v) is 2.46. The van der Waals surface area contributed by atoms with Gasteiger partial charge in [0.2, 0.25) is 0 Å². The van der Waals surface area contributed by atoms with Crippen LogP contribution in [0.3, 0.4) is 0 Å². The van der Waals surface area contributed by atoms with Gasteiger partial charge in [-0.3, -0.25) is 0 Å². The number of ether oxygens (including phenoxy) is 2. The molecule has 124 valence electrons. The monoisotopic (exact) mass is 345 g/mol. The van der Waals surface area contributed by atoms with Gasteiger partial charge in [0, 0.05) is 5.02 Å². The van der Waals surface area contributed by atoms with Gasteiger partial charge in [-0.05, 0) is 55.3 Å². The SMILES string of the molecule is Cc1cc(Cl)ccc1OC(C)C(=O)OCc1ccc2n[nH]nc2c1. The molecular formula is C17H16ClN3O3. The molecule has 1 atom stereocenters. The van der Waals surface area contributed by atoms with Crippen molar-refractivity contribution >= 4 is 28.6 Å². The van der Waals surface area contributed by atoms with Crippen LogP contribution < -0.4 is 4.74 Å². The molecule has 1 N–H and O–H groups in total. The predicted molar refractivity (Wildman–Crippen MR) is 90.0 cm³/mol. The molecule has 1 heterocycles. The molecule has 0 spiro atoms. The molecule has 0 aliphatic heterocycles. The zero-order chi connectivity index (χ0) is 17.1. The van der Waals surface area contributed by atoms with Gasteiger partial charge in [0.15, 0.2) is 6.10 Å². The third-order valence-electron chi connectivity index (χ3n) is 3.53. The zero-order valence-electron chi connectivity index (χ0n) is 13.2. The molecule has 0 saturated carbocycles. The van der Waals surface area contributed by atoms with Crippen LogP contribution in [-0.4, -0.2) is 27.5 Å². The minimum atomic E-state index is -0.722. The van der Waals surface area contributed by atoms with E-state index in [1.165, 1.54) is 0 Å². The number of hydrogen-bond acceptors (Lipinski definition) is 5. The number of carbonyl (C=O) groups excluding carboxylic acids is 1. The maximum Gasteiger partial charge on any atom is 0.347 e. The Morgan fingerprint density at radius 1 is 1.21 bits per heavy atom. The fraction of sp³-hybridized carbons (Fsp3) is 0.235. The average Bonchev–Trinajstić information content (AvgIpc) is 3.02. The first kappa shape index (κ1) is 16.3. The van der Waals surface area contributed by atoms with Gasteiger partial charge in [0.25, 0.3) is 0 Å². The third-order valence-corrected chi connectivity index (χ3v) is 3.77. The first-order valence-electron chi connectivity index (χ1n) is 7.42. The summed E-state index contributed by atoms with van der Waals surface area (Å²) in [6.45, 7) is 3.67. The lowest BCUT2D eigenvalue weighted by atomic mass is 10.2. The van der Waals surface area contributed by atoms with Gasteiger partial charge in [-0.25, -0.2) is 4.79 Å². The van der Waals surface area contributed by atoms with E-state index in [4.69, 9.17) is 21.1 Å². The molecule has 3 rings (SSSR count). The van der Waals surface area contributed by atoms with Crippen LogP contribution in [0.25, 0.3) is 11.0 Å². The standard InChI is InChI=1S/C17H16ClN3O3/c1-10-7-13(18)4-6-16(10)24-11(2)17(22)23-9-12-3-5-14-15(8-12)20-21-19-14/h3-8,11H,9H2,1-2H3,(H,19,20,21). The number of carbonyl (C=O) groups is 1. The van der Waals surface area contributed by atoms with Crippen molar-refractivity contribution in [1.29, 1.82) is 0 Å². The van der Waals surface area contributed by atoms with Gasteiger partial charge in [0.1, 0.15) is 23.4 Å². The summed E-state index contributed by atoms with van der Waals surface area (Å²) in [4.78, 5) is 12.1. The quantitative estimate of drug-likeness (QED) is 0.717. The normalized spacial score (nSPS) is 12.1. The van der Waals surface area contributed by atoms with E-state index in [9.17, 15) is 4.79 Å². The Morgan fingerprint density at radius 2 is 2.00 bits per heavy atom. The smallest absolute Gasteiger partial charge is 0.347 e. The van der Waals surface area contributed by atoms with Gasteiger partial charge in [-0.1, -0.05) is 17.7 Å². The molecular weight excluding hydrogens is 330 g/mol. The molecule has 6 nitrogen and oxygen atoms in total. The van der Waals surface area contributed by atoms with Crippen molar-refractivity contribution in [2.75, 3.05) is 0 Å². The second kappa shape index (κ2) is 6.88. The zero-order valence-corrected chi connectivity index (χ0v) is 14.0. The van der Waals surface area contributed by atoms with E-state index in [1.54, 1.807) is 25.1 Å². The summed E-state index contributed by atoms with van der Waals surface area (Å²) in [5.74, 6) is 0.164. The summed E-state index contributed by atoms with van der Waals surface area (Å²) in [6, 6.07) is 10.7. The summed E-state index contributed by atoms with van der Waals surface area (Å²) in [6.07, 6.45) is -0.722. The number of H-pyrrole nitrogens is 1. The Bertz CT molecular complexity index is 878. The lowest BCUT2D eigenvalue weighted by Crippen LogP contribution is -2.26. The Labute approximate surface area is 143 Å². The second-order valence-electron chi connectivity index (χ2n) is 5.42. The van der Waals surface area contributed by atoms with Crippen LogP contribution in [0.15, 0.2) is 36.4 Å². The number of benzene rings is 2. The van der Waals surface area contributed by atoms with E-state index in [0.29, 0.717) is 10.8 Å². The van der Waals surface area contributed by atoms with Gasteiger partial charge < -0.3 is 9.47 Å². The highest BCUT2D eigenvalue weighted by atomic mass is 35.5. The first-order chi connectivity index (χ1) is 11.5. The van der Waals surface area contributed by atoms with Crippen molar-refractivity contribution in [1.82, 2.24) is 15.4 Å². The van der Waals surface area contributed by atoms with Gasteiger partial charge >= 0.3 is 5.97 Å². The summed E-state index contributed by atoms with van der Waals surface area (Å²) in [7, 11) is 0. The van der Waals surface area contributed by atoms with Crippen LogP contribution in [0.4, 0.5) is 0 Å². The van der Waals surface area contributed by atoms with Gasteiger partial charge in [-0.15, -0.1) is 0 Å². The lowest BCUT2D eigenvalue weighted by Gasteiger charge is -2.15. The van der Waals surface area contributed by atoms with Crippen LogP contribution >= 0.6 is 11.6 Å². The minimum absolute atomic E-state index is 0.148. The number of halogens is 1. The van der Waals surface area contributed by atoms with Crippen LogP contribution in [0.2, 0.25) is 5.02 Å². The number of aromatic nitrogens is 3. The van der Waals surface area contributed by atoms with Crippen molar-refractivity contribution < 1.29 is 14.3 Å². The molecule has 0 aliphatic carbocycles. The van der Waals surface area contributed by atoms with Crippen molar-refractivity contribution in [3.63, 3.8) is 0 Å².